The van der Waals surface area contributed by atoms with Gasteiger partial charge in [-0.05, 0) is 30.2 Å². The molecule has 154 valence electrons. The first-order chi connectivity index (χ1) is 14.6. The van der Waals surface area contributed by atoms with Gasteiger partial charge in [-0.1, -0.05) is 30.3 Å². The van der Waals surface area contributed by atoms with Crippen LogP contribution in [0.5, 0.6) is 5.75 Å². The predicted octanol–water partition coefficient (Wildman–Crippen LogP) is 1.78. The minimum atomic E-state index is -0.343. The van der Waals surface area contributed by atoms with Gasteiger partial charge < -0.3 is 19.5 Å². The number of carbonyl (C=O) groups is 1. The number of quaternary nitrogens is 1. The minimum Gasteiger partial charge on any atom is -0.481 e. The molecule has 0 saturated carbocycles. The Hall–Kier alpha value is -2.63. The minimum absolute atomic E-state index is 0.0481. The second-order valence-electron chi connectivity index (χ2n) is 9.15. The number of ether oxygens (including phenoxy) is 2. The first-order valence-corrected chi connectivity index (χ1v) is 10.9. The molecule has 4 aliphatic rings. The highest BCUT2D eigenvalue weighted by Crippen LogP contribution is 2.61. The van der Waals surface area contributed by atoms with Crippen molar-refractivity contribution in [2.75, 3.05) is 13.6 Å². The van der Waals surface area contributed by atoms with Crippen LogP contribution in [-0.2, 0) is 23.2 Å². The normalized spacial score (nSPS) is 32.7. The van der Waals surface area contributed by atoms with Gasteiger partial charge in [0.15, 0.2) is 6.10 Å². The zero-order valence-corrected chi connectivity index (χ0v) is 17.1. The van der Waals surface area contributed by atoms with Crippen molar-refractivity contribution in [3.63, 3.8) is 0 Å². The lowest BCUT2D eigenvalue weighted by Gasteiger charge is -2.54. The fraction of sp³-hybridized carbons (Fsp3) is 0.400. The molecule has 2 bridgehead atoms. The number of esters is 1. The molecule has 30 heavy (non-hydrogen) atoms. The molecular formula is C25H26NO4+. The lowest BCUT2D eigenvalue weighted by molar-refractivity contribution is -0.918. The summed E-state index contributed by atoms with van der Waals surface area (Å²) in [4.78, 5) is 14.4. The van der Waals surface area contributed by atoms with Gasteiger partial charge in [-0.3, -0.25) is 0 Å². The van der Waals surface area contributed by atoms with E-state index >= 15 is 0 Å². The summed E-state index contributed by atoms with van der Waals surface area (Å²) in [6.07, 6.45) is 4.70. The predicted molar refractivity (Wildman–Crippen MR) is 110 cm³/mol. The molecule has 5 unspecified atom stereocenters. The van der Waals surface area contributed by atoms with Crippen LogP contribution >= 0.6 is 0 Å². The van der Waals surface area contributed by atoms with Crippen LogP contribution in [0.3, 0.4) is 0 Å². The summed E-state index contributed by atoms with van der Waals surface area (Å²) in [6, 6.07) is 13.8. The highest BCUT2D eigenvalue weighted by molar-refractivity contribution is 5.90. The van der Waals surface area contributed by atoms with Crippen LogP contribution in [0.1, 0.15) is 39.9 Å². The number of likely N-dealkylation sites (tertiary alicyclic amines) is 1. The fourth-order valence-electron chi connectivity index (χ4n) is 6.50. The second kappa shape index (κ2) is 6.43. The van der Waals surface area contributed by atoms with E-state index in [1.54, 1.807) is 17.0 Å². The lowest BCUT2D eigenvalue weighted by atomic mass is 9.53. The largest absolute Gasteiger partial charge is 0.481 e. The molecule has 5 atom stereocenters. The van der Waals surface area contributed by atoms with Gasteiger partial charge in [0.05, 0.1) is 37.2 Å². The van der Waals surface area contributed by atoms with E-state index in [9.17, 15) is 9.90 Å². The van der Waals surface area contributed by atoms with Crippen molar-refractivity contribution < 1.29 is 24.3 Å². The number of benzene rings is 2. The summed E-state index contributed by atoms with van der Waals surface area (Å²) in [5.74, 6) is 1.57. The third kappa shape index (κ3) is 2.28. The van der Waals surface area contributed by atoms with E-state index in [4.69, 9.17) is 9.47 Å². The summed E-state index contributed by atoms with van der Waals surface area (Å²) in [7, 11) is 2.30. The Labute approximate surface area is 175 Å². The van der Waals surface area contributed by atoms with Crippen LogP contribution in [-0.4, -0.2) is 36.8 Å². The molecule has 0 aromatic heterocycles. The monoisotopic (exact) mass is 404 g/mol. The molecule has 2 aromatic carbocycles. The topological polar surface area (TPSA) is 60.2 Å². The van der Waals surface area contributed by atoms with Crippen molar-refractivity contribution in [1.29, 1.82) is 0 Å². The van der Waals surface area contributed by atoms with Gasteiger partial charge in [0.2, 0.25) is 0 Å². The Kier molecular flexibility index (Phi) is 3.89. The number of allylic oxidation sites excluding steroid dienone is 1. The zero-order valence-electron chi connectivity index (χ0n) is 17.1. The number of aliphatic hydroxyl groups excluding tert-OH is 1. The molecule has 5 heteroatoms. The molecule has 0 radical (unpaired) electrons. The summed E-state index contributed by atoms with van der Waals surface area (Å²) in [5.41, 5.74) is 3.81. The molecule has 1 spiro atoms. The number of hydrogen-bond acceptors (Lipinski definition) is 4. The first-order valence-electron chi connectivity index (χ1n) is 10.9. The van der Waals surface area contributed by atoms with Crippen LogP contribution in [0, 0.1) is 5.92 Å². The van der Waals surface area contributed by atoms with Gasteiger partial charge in [-0.25, -0.2) is 4.79 Å². The molecule has 1 saturated heterocycles. The van der Waals surface area contributed by atoms with Gasteiger partial charge in [0, 0.05) is 29.9 Å². The van der Waals surface area contributed by atoms with Gasteiger partial charge >= 0.3 is 5.97 Å². The van der Waals surface area contributed by atoms with Crippen molar-refractivity contribution in [3.05, 3.63) is 76.6 Å². The molecule has 0 amide bonds. The van der Waals surface area contributed by atoms with E-state index in [1.165, 1.54) is 11.1 Å². The summed E-state index contributed by atoms with van der Waals surface area (Å²) >= 11 is 0. The number of nitrogens with one attached hydrogen (secondary N) is 1. The van der Waals surface area contributed by atoms with Crippen molar-refractivity contribution in [2.24, 2.45) is 5.92 Å². The van der Waals surface area contributed by atoms with E-state index < -0.39 is 0 Å². The third-order valence-electron chi connectivity index (χ3n) is 7.87. The van der Waals surface area contributed by atoms with Gasteiger partial charge in [0.1, 0.15) is 11.5 Å². The van der Waals surface area contributed by atoms with E-state index in [0.29, 0.717) is 23.3 Å². The van der Waals surface area contributed by atoms with E-state index in [1.807, 2.05) is 24.3 Å². The Bertz CT molecular complexity index is 1060. The van der Waals surface area contributed by atoms with Crippen LogP contribution < -0.4 is 9.64 Å². The highest BCUT2D eigenvalue weighted by atomic mass is 16.6. The molecular weight excluding hydrogens is 378 g/mol. The molecule has 5 nitrogen and oxygen atoms in total. The molecule has 6 rings (SSSR count). The maximum absolute atomic E-state index is 12.8. The number of likely N-dealkylation sites (N-methyl/N-ethyl adjacent to an activating group) is 1. The Balaban J connectivity index is 1.46. The molecule has 2 heterocycles. The molecule has 1 fully saturated rings. The van der Waals surface area contributed by atoms with Gasteiger partial charge in [0.25, 0.3) is 0 Å². The average molecular weight is 404 g/mol. The number of piperidine rings is 1. The quantitative estimate of drug-likeness (QED) is 0.766. The van der Waals surface area contributed by atoms with E-state index in [0.717, 1.165) is 37.1 Å². The van der Waals surface area contributed by atoms with Crippen molar-refractivity contribution in [1.82, 2.24) is 0 Å². The number of rotatable bonds is 3. The summed E-state index contributed by atoms with van der Waals surface area (Å²) in [6.45, 7) is 1.02. The number of carbonyl (C=O) groups excluding carboxylic acids is 1. The molecule has 2 aliphatic carbocycles. The van der Waals surface area contributed by atoms with Crippen LogP contribution in [0.15, 0.2) is 54.3 Å². The Morgan fingerprint density at radius 2 is 2.10 bits per heavy atom. The Morgan fingerprint density at radius 1 is 1.27 bits per heavy atom. The molecule has 2 aliphatic heterocycles. The summed E-state index contributed by atoms with van der Waals surface area (Å²) in [5, 5.41) is 9.95. The maximum Gasteiger partial charge on any atom is 0.343 e. The van der Waals surface area contributed by atoms with Crippen LogP contribution in [0.4, 0.5) is 0 Å². The first kappa shape index (κ1) is 18.2. The molecule has 2 aromatic rings. The smallest absolute Gasteiger partial charge is 0.343 e. The van der Waals surface area contributed by atoms with Crippen molar-refractivity contribution in [3.8, 4) is 5.75 Å². The highest BCUT2D eigenvalue weighted by Gasteiger charge is 2.66. The number of aliphatic hydroxyl groups is 1. The number of hydrogen-bond donors (Lipinski definition) is 2. The zero-order chi connectivity index (χ0) is 20.5. The maximum atomic E-state index is 12.8. The average Bonchev–Trinajstić information content (AvgIpc) is 3.13. The lowest BCUT2D eigenvalue weighted by Crippen LogP contribution is -3.16. The molecule has 2 N–H and O–H groups in total. The second-order valence-corrected chi connectivity index (χ2v) is 9.15. The fourth-order valence-corrected chi connectivity index (χ4v) is 6.50. The van der Waals surface area contributed by atoms with E-state index in [-0.39, 0.29) is 24.1 Å². The summed E-state index contributed by atoms with van der Waals surface area (Å²) < 4.78 is 12.5. The van der Waals surface area contributed by atoms with Crippen LogP contribution in [0.2, 0.25) is 0 Å². The van der Waals surface area contributed by atoms with Crippen LogP contribution in [0.25, 0.3) is 0 Å². The van der Waals surface area contributed by atoms with Gasteiger partial charge in [-0.15, -0.1) is 0 Å². The standard InChI is InChI=1S/C25H25NO4/c1-26-12-11-25-18-9-10-20(29-24(28)15-5-3-2-4-6-15)23(25)30-22-17(14-27)8-7-16(21(22)25)13-19(18)26/h2-8,10,18-19,23,27H,9,11-14H2,1H3/p+1. The Morgan fingerprint density at radius 3 is 2.90 bits per heavy atom. The van der Waals surface area contributed by atoms with E-state index in [2.05, 4.69) is 19.2 Å². The third-order valence-corrected chi connectivity index (χ3v) is 7.87. The van der Waals surface area contributed by atoms with Gasteiger partial charge in [-0.2, -0.15) is 0 Å². The van der Waals surface area contributed by atoms with Crippen molar-refractivity contribution in [2.45, 2.75) is 43.4 Å². The van der Waals surface area contributed by atoms with Crippen molar-refractivity contribution >= 4 is 5.97 Å². The SMILES string of the molecule is C[NH+]1CCC23c4c5ccc(CO)c4OC2C(OC(=O)c2ccccc2)=CCC3C1C5.